The van der Waals surface area contributed by atoms with Crippen molar-refractivity contribution < 1.29 is 13.2 Å². The van der Waals surface area contributed by atoms with E-state index in [0.717, 1.165) is 11.3 Å². The molecule has 0 spiro atoms. The number of carbonyl (C=O) groups excluding carboxylic acids is 1. The van der Waals surface area contributed by atoms with Gasteiger partial charge in [0, 0.05) is 17.6 Å². The Kier molecular flexibility index (Phi) is 4.14. The van der Waals surface area contributed by atoms with Crippen LogP contribution >= 0.6 is 11.8 Å². The number of hydrogen-bond acceptors (Lipinski definition) is 5. The van der Waals surface area contributed by atoms with E-state index in [0.29, 0.717) is 12.1 Å². The third-order valence-corrected chi connectivity index (χ3v) is 6.78. The molecule has 0 aliphatic carbocycles. The summed E-state index contributed by atoms with van der Waals surface area (Å²) in [6.45, 7) is 1.91. The average molecular weight is 339 g/mol. The fourth-order valence-corrected chi connectivity index (χ4v) is 5.92. The van der Waals surface area contributed by atoms with Gasteiger partial charge in [-0.15, -0.1) is 11.8 Å². The van der Waals surface area contributed by atoms with Crippen molar-refractivity contribution in [2.75, 3.05) is 22.6 Å². The van der Waals surface area contributed by atoms with Crippen LogP contribution in [0.25, 0.3) is 5.65 Å². The lowest BCUT2D eigenvalue weighted by atomic mass is 10.4. The number of fused-ring (bicyclic) bond motifs is 1. The number of aromatic nitrogens is 2. The Morgan fingerprint density at radius 1 is 1.45 bits per heavy atom. The summed E-state index contributed by atoms with van der Waals surface area (Å²) in [7, 11) is -2.89. The Morgan fingerprint density at radius 2 is 2.27 bits per heavy atom. The minimum Gasteiger partial charge on any atom is -0.324 e. The van der Waals surface area contributed by atoms with Crippen LogP contribution in [0.5, 0.6) is 0 Å². The van der Waals surface area contributed by atoms with E-state index in [1.807, 2.05) is 35.9 Å². The van der Waals surface area contributed by atoms with Gasteiger partial charge >= 0.3 is 0 Å². The zero-order valence-electron chi connectivity index (χ0n) is 12.2. The molecule has 2 aromatic heterocycles. The molecule has 3 rings (SSSR count). The van der Waals surface area contributed by atoms with E-state index >= 15 is 0 Å². The Hall–Kier alpha value is -1.54. The number of carbonyl (C=O) groups is 1. The van der Waals surface area contributed by atoms with Gasteiger partial charge in [0.2, 0.25) is 5.91 Å². The summed E-state index contributed by atoms with van der Waals surface area (Å²) in [5.41, 5.74) is 2.46. The number of hydrogen-bond donors (Lipinski definition) is 1. The molecule has 118 valence electrons. The van der Waals surface area contributed by atoms with E-state index in [1.54, 1.807) is 0 Å². The van der Waals surface area contributed by atoms with E-state index in [1.165, 1.54) is 11.8 Å². The fourth-order valence-electron chi connectivity index (χ4n) is 2.48. The summed E-state index contributed by atoms with van der Waals surface area (Å²) in [5.74, 6) is 0.570. The number of nitrogens with one attached hydrogen (secondary N) is 1. The lowest BCUT2D eigenvalue weighted by Crippen LogP contribution is -2.17. The zero-order valence-corrected chi connectivity index (χ0v) is 13.8. The molecule has 6 nitrogen and oxygen atoms in total. The number of imidazole rings is 1. The molecule has 0 radical (unpaired) electrons. The average Bonchev–Trinajstić information content (AvgIpc) is 2.97. The van der Waals surface area contributed by atoms with Crippen molar-refractivity contribution in [1.29, 1.82) is 0 Å². The van der Waals surface area contributed by atoms with Gasteiger partial charge in [-0.05, 0) is 25.5 Å². The summed E-state index contributed by atoms with van der Waals surface area (Å²) in [6.07, 6.45) is 4.35. The predicted octanol–water partition coefficient (Wildman–Crippen LogP) is 1.50. The van der Waals surface area contributed by atoms with Gasteiger partial charge in [-0.2, -0.15) is 0 Å². The smallest absolute Gasteiger partial charge is 0.234 e. The Labute approximate surface area is 133 Å². The molecule has 0 bridgehead atoms. The topological polar surface area (TPSA) is 80.5 Å². The molecule has 1 N–H and O–H groups in total. The molecular weight excluding hydrogens is 322 g/mol. The van der Waals surface area contributed by atoms with Crippen molar-refractivity contribution in [2.24, 2.45) is 0 Å². The van der Waals surface area contributed by atoms with Gasteiger partial charge in [0.25, 0.3) is 0 Å². The van der Waals surface area contributed by atoms with Crippen molar-refractivity contribution >= 4 is 38.8 Å². The first-order chi connectivity index (χ1) is 10.4. The molecule has 0 saturated carbocycles. The number of aryl methyl sites for hydroxylation is 1. The van der Waals surface area contributed by atoms with E-state index in [4.69, 9.17) is 0 Å². The van der Waals surface area contributed by atoms with Crippen LogP contribution in [0.1, 0.15) is 12.1 Å². The highest BCUT2D eigenvalue weighted by molar-refractivity contribution is 8.02. The van der Waals surface area contributed by atoms with Crippen LogP contribution in [0.3, 0.4) is 0 Å². The van der Waals surface area contributed by atoms with Gasteiger partial charge in [-0.25, -0.2) is 13.4 Å². The number of sulfone groups is 1. The molecule has 8 heteroatoms. The molecular formula is C14H17N3O3S2. The number of nitrogens with zero attached hydrogens (tertiary/aromatic N) is 2. The Balaban J connectivity index is 1.56. The van der Waals surface area contributed by atoms with Crippen LogP contribution in [0.2, 0.25) is 0 Å². The molecule has 1 fully saturated rings. The maximum absolute atomic E-state index is 12.0. The number of anilines is 1. The van der Waals surface area contributed by atoms with Gasteiger partial charge in [-0.1, -0.05) is 0 Å². The standard InChI is InChI=1S/C14H17N3O3S2/c1-10-6-17-7-11(2-3-13(17)15-10)16-14(18)8-21-12-4-5-22(19,20)9-12/h2-3,6-7,12H,4-5,8-9H2,1H3,(H,16,18). The Morgan fingerprint density at radius 3 is 3.00 bits per heavy atom. The third-order valence-electron chi connectivity index (χ3n) is 3.50. The van der Waals surface area contributed by atoms with E-state index in [-0.39, 0.29) is 28.4 Å². The lowest BCUT2D eigenvalue weighted by molar-refractivity contribution is -0.113. The highest BCUT2D eigenvalue weighted by Crippen LogP contribution is 2.24. The molecule has 1 atom stereocenters. The molecule has 1 aliphatic heterocycles. The zero-order chi connectivity index (χ0) is 15.7. The third kappa shape index (κ3) is 3.61. The van der Waals surface area contributed by atoms with Crippen molar-refractivity contribution in [3.8, 4) is 0 Å². The summed E-state index contributed by atoms with van der Waals surface area (Å²) in [5, 5.41) is 2.87. The van der Waals surface area contributed by atoms with Crippen LogP contribution in [0.15, 0.2) is 24.5 Å². The van der Waals surface area contributed by atoms with Crippen LogP contribution in [-0.2, 0) is 14.6 Å². The van der Waals surface area contributed by atoms with E-state index in [9.17, 15) is 13.2 Å². The fraction of sp³-hybridized carbons (Fsp3) is 0.429. The normalized spacial score (nSPS) is 20.3. The molecule has 1 amide bonds. The summed E-state index contributed by atoms with van der Waals surface area (Å²) in [4.78, 5) is 16.3. The predicted molar refractivity (Wildman–Crippen MR) is 88.1 cm³/mol. The lowest BCUT2D eigenvalue weighted by Gasteiger charge is -2.08. The first kappa shape index (κ1) is 15.4. The molecule has 22 heavy (non-hydrogen) atoms. The maximum Gasteiger partial charge on any atom is 0.234 e. The Bertz CT molecular complexity index is 814. The van der Waals surface area contributed by atoms with Gasteiger partial charge in [0.1, 0.15) is 5.65 Å². The highest BCUT2D eigenvalue weighted by atomic mass is 32.2. The second-order valence-electron chi connectivity index (χ2n) is 5.45. The minimum atomic E-state index is -2.89. The number of pyridine rings is 1. The van der Waals surface area contributed by atoms with Gasteiger partial charge in [0.05, 0.1) is 28.6 Å². The van der Waals surface area contributed by atoms with Crippen molar-refractivity contribution in [3.63, 3.8) is 0 Å². The largest absolute Gasteiger partial charge is 0.324 e. The van der Waals surface area contributed by atoms with Crippen molar-refractivity contribution in [1.82, 2.24) is 9.38 Å². The monoisotopic (exact) mass is 339 g/mol. The second kappa shape index (κ2) is 5.92. The van der Waals surface area contributed by atoms with E-state index in [2.05, 4.69) is 10.3 Å². The summed E-state index contributed by atoms with van der Waals surface area (Å²) < 4.78 is 24.6. The highest BCUT2D eigenvalue weighted by Gasteiger charge is 2.28. The summed E-state index contributed by atoms with van der Waals surface area (Å²) >= 11 is 1.41. The molecule has 1 aliphatic rings. The van der Waals surface area contributed by atoms with Crippen LogP contribution in [0.4, 0.5) is 5.69 Å². The minimum absolute atomic E-state index is 0.0366. The van der Waals surface area contributed by atoms with Crippen molar-refractivity contribution in [3.05, 3.63) is 30.2 Å². The number of thioether (sulfide) groups is 1. The van der Waals surface area contributed by atoms with Crippen LogP contribution in [0, 0.1) is 6.92 Å². The SMILES string of the molecule is Cc1cn2cc(NC(=O)CSC3CCS(=O)(=O)C3)ccc2n1. The first-order valence-electron chi connectivity index (χ1n) is 6.98. The van der Waals surface area contributed by atoms with Crippen molar-refractivity contribution in [2.45, 2.75) is 18.6 Å². The van der Waals surface area contributed by atoms with Gasteiger partial charge < -0.3 is 9.72 Å². The molecule has 2 aromatic rings. The summed E-state index contributed by atoms with van der Waals surface area (Å²) in [6, 6.07) is 3.66. The number of rotatable bonds is 4. The van der Waals surface area contributed by atoms with Gasteiger partial charge in [0.15, 0.2) is 9.84 Å². The van der Waals surface area contributed by atoms with Crippen LogP contribution < -0.4 is 5.32 Å². The van der Waals surface area contributed by atoms with E-state index < -0.39 is 9.84 Å². The molecule has 1 unspecified atom stereocenters. The maximum atomic E-state index is 12.0. The van der Waals surface area contributed by atoms with Crippen LogP contribution in [-0.4, -0.2) is 46.2 Å². The number of amides is 1. The van der Waals surface area contributed by atoms with Gasteiger partial charge in [-0.3, -0.25) is 4.79 Å². The molecule has 1 saturated heterocycles. The second-order valence-corrected chi connectivity index (χ2v) is 8.97. The quantitative estimate of drug-likeness (QED) is 0.913. The first-order valence-corrected chi connectivity index (χ1v) is 9.85. The molecule has 0 aromatic carbocycles. The molecule has 3 heterocycles.